The predicted molar refractivity (Wildman–Crippen MR) is 35.6 cm³/mol. The van der Waals surface area contributed by atoms with Gasteiger partial charge in [0.05, 0.1) is 0 Å². The Balaban J connectivity index is 3.17. The Morgan fingerprint density at radius 3 is 3.30 bits per heavy atom. The molecule has 1 aromatic heterocycles. The molecule has 4 heteroatoms. The molecule has 0 aromatic carbocycles. The van der Waals surface area contributed by atoms with E-state index < -0.39 is 0 Å². The van der Waals surface area contributed by atoms with Crippen molar-refractivity contribution in [2.75, 3.05) is 0 Å². The maximum absolute atomic E-state index is 8.21. The van der Waals surface area contributed by atoms with Gasteiger partial charge in [0.25, 0.3) is 0 Å². The van der Waals surface area contributed by atoms with Crippen LogP contribution in [0.3, 0.4) is 0 Å². The highest BCUT2D eigenvalue weighted by Gasteiger charge is 1.87. The fraction of sp³-hybridized carbons (Fsp3) is 0.333. The van der Waals surface area contributed by atoms with E-state index in [9.17, 15) is 0 Å². The SMILES string of the molecule is CCn1cc[nH]c1=NC#N. The van der Waals surface area contributed by atoms with Gasteiger partial charge in [0, 0.05) is 18.9 Å². The largest absolute Gasteiger partial charge is 0.330 e. The summed E-state index contributed by atoms with van der Waals surface area (Å²) in [5.41, 5.74) is 0.602. The zero-order valence-electron chi connectivity index (χ0n) is 5.70. The molecule has 0 atom stereocenters. The van der Waals surface area contributed by atoms with Crippen LogP contribution in [0.25, 0.3) is 0 Å². The molecule has 0 saturated carbocycles. The molecule has 0 unspecified atom stereocenters. The molecule has 52 valence electrons. The summed E-state index contributed by atoms with van der Waals surface area (Å²) in [5.74, 6) is 0. The van der Waals surface area contributed by atoms with Gasteiger partial charge in [-0.25, -0.2) is 0 Å². The Kier molecular flexibility index (Phi) is 1.90. The van der Waals surface area contributed by atoms with Crippen LogP contribution >= 0.6 is 0 Å². The number of hydrogen-bond donors (Lipinski definition) is 1. The number of nitrogens with one attached hydrogen (secondary N) is 1. The summed E-state index contributed by atoms with van der Waals surface area (Å²) in [6.45, 7) is 2.81. The summed E-state index contributed by atoms with van der Waals surface area (Å²) in [6.07, 6.45) is 5.31. The molecule has 0 aliphatic heterocycles. The van der Waals surface area contributed by atoms with Gasteiger partial charge in [-0.05, 0) is 6.92 Å². The molecule has 0 saturated heterocycles. The third-order valence-electron chi connectivity index (χ3n) is 1.24. The van der Waals surface area contributed by atoms with E-state index in [0.717, 1.165) is 6.54 Å². The van der Waals surface area contributed by atoms with Crippen LogP contribution in [0.5, 0.6) is 0 Å². The quantitative estimate of drug-likeness (QED) is 0.551. The van der Waals surface area contributed by atoms with Crippen LogP contribution in [-0.4, -0.2) is 9.55 Å². The maximum Gasteiger partial charge on any atom is 0.218 e. The third-order valence-corrected chi connectivity index (χ3v) is 1.24. The van der Waals surface area contributed by atoms with Crippen LogP contribution in [0.4, 0.5) is 0 Å². The van der Waals surface area contributed by atoms with Crippen molar-refractivity contribution >= 4 is 0 Å². The van der Waals surface area contributed by atoms with Crippen molar-refractivity contribution in [3.8, 4) is 6.19 Å². The number of nitrogens with zero attached hydrogens (tertiary/aromatic N) is 3. The number of hydrogen-bond acceptors (Lipinski definition) is 2. The van der Waals surface area contributed by atoms with Gasteiger partial charge in [0.1, 0.15) is 0 Å². The van der Waals surface area contributed by atoms with Gasteiger partial charge in [-0.2, -0.15) is 5.26 Å². The lowest BCUT2D eigenvalue weighted by molar-refractivity contribution is 0.714. The first-order chi connectivity index (χ1) is 4.88. The van der Waals surface area contributed by atoms with Crippen molar-refractivity contribution in [3.05, 3.63) is 18.0 Å². The monoisotopic (exact) mass is 136 g/mol. The number of aromatic nitrogens is 2. The minimum absolute atomic E-state index is 0.602. The lowest BCUT2D eigenvalue weighted by atomic mass is 10.7. The van der Waals surface area contributed by atoms with Crippen molar-refractivity contribution in [2.45, 2.75) is 13.5 Å². The van der Waals surface area contributed by atoms with Crippen LogP contribution in [0.2, 0.25) is 0 Å². The van der Waals surface area contributed by atoms with E-state index in [4.69, 9.17) is 5.26 Å². The number of nitriles is 1. The predicted octanol–water partition coefficient (Wildman–Crippen LogP) is 0.218. The molecule has 0 fully saturated rings. The fourth-order valence-corrected chi connectivity index (χ4v) is 0.754. The number of aryl methyl sites for hydroxylation is 1. The summed E-state index contributed by atoms with van der Waals surface area (Å²) in [7, 11) is 0. The Morgan fingerprint density at radius 2 is 2.70 bits per heavy atom. The molecule has 0 amide bonds. The average Bonchev–Trinajstić information content (AvgIpc) is 2.36. The molecule has 0 aliphatic rings. The van der Waals surface area contributed by atoms with E-state index >= 15 is 0 Å². The molecule has 10 heavy (non-hydrogen) atoms. The highest BCUT2D eigenvalue weighted by atomic mass is 15.1. The number of imidazole rings is 1. The lowest BCUT2D eigenvalue weighted by Crippen LogP contribution is -2.16. The van der Waals surface area contributed by atoms with Crippen LogP contribution < -0.4 is 5.62 Å². The first-order valence-electron chi connectivity index (χ1n) is 3.05. The maximum atomic E-state index is 8.21. The van der Waals surface area contributed by atoms with E-state index in [-0.39, 0.29) is 0 Å². The molecule has 1 heterocycles. The molecule has 0 bridgehead atoms. The average molecular weight is 136 g/mol. The molecule has 1 aromatic rings. The first kappa shape index (κ1) is 6.62. The second-order valence-corrected chi connectivity index (χ2v) is 1.78. The van der Waals surface area contributed by atoms with Crippen LogP contribution in [0.15, 0.2) is 17.4 Å². The fourth-order valence-electron chi connectivity index (χ4n) is 0.754. The normalized spacial score (nSPS) is 11.4. The molecule has 0 aliphatic carbocycles. The smallest absolute Gasteiger partial charge is 0.218 e. The van der Waals surface area contributed by atoms with E-state index in [1.165, 1.54) is 0 Å². The first-order valence-corrected chi connectivity index (χ1v) is 3.05. The number of H-pyrrole nitrogens is 1. The van der Waals surface area contributed by atoms with Crippen molar-refractivity contribution in [2.24, 2.45) is 4.99 Å². The van der Waals surface area contributed by atoms with Crippen molar-refractivity contribution in [1.82, 2.24) is 9.55 Å². The molecular weight excluding hydrogens is 128 g/mol. The minimum Gasteiger partial charge on any atom is -0.330 e. The van der Waals surface area contributed by atoms with Gasteiger partial charge in [0.15, 0.2) is 0 Å². The zero-order chi connectivity index (χ0) is 7.40. The summed E-state index contributed by atoms with van der Waals surface area (Å²) in [6, 6.07) is 0. The summed E-state index contributed by atoms with van der Waals surface area (Å²) in [5, 5.41) is 8.21. The summed E-state index contributed by atoms with van der Waals surface area (Å²) in [4.78, 5) is 6.38. The Labute approximate surface area is 58.5 Å². The number of aromatic amines is 1. The Bertz CT molecular complexity index is 298. The van der Waals surface area contributed by atoms with Crippen LogP contribution in [0.1, 0.15) is 6.92 Å². The molecular formula is C6H8N4. The van der Waals surface area contributed by atoms with Crippen molar-refractivity contribution in [3.63, 3.8) is 0 Å². The second kappa shape index (κ2) is 2.87. The van der Waals surface area contributed by atoms with Crippen molar-refractivity contribution in [1.29, 1.82) is 5.26 Å². The summed E-state index contributed by atoms with van der Waals surface area (Å²) >= 11 is 0. The molecule has 1 N–H and O–H groups in total. The Morgan fingerprint density at radius 1 is 1.90 bits per heavy atom. The second-order valence-electron chi connectivity index (χ2n) is 1.78. The van der Waals surface area contributed by atoms with Crippen LogP contribution in [0, 0.1) is 11.5 Å². The molecule has 0 radical (unpaired) electrons. The van der Waals surface area contributed by atoms with Gasteiger partial charge in [0.2, 0.25) is 11.8 Å². The van der Waals surface area contributed by atoms with E-state index in [0.29, 0.717) is 5.62 Å². The molecule has 1 rings (SSSR count). The van der Waals surface area contributed by atoms with Gasteiger partial charge in [-0.3, -0.25) is 0 Å². The number of rotatable bonds is 1. The highest BCUT2D eigenvalue weighted by molar-refractivity contribution is 4.77. The zero-order valence-corrected chi connectivity index (χ0v) is 5.70. The van der Waals surface area contributed by atoms with E-state index in [2.05, 4.69) is 9.98 Å². The third kappa shape index (κ3) is 1.08. The van der Waals surface area contributed by atoms with Gasteiger partial charge >= 0.3 is 0 Å². The van der Waals surface area contributed by atoms with Gasteiger partial charge < -0.3 is 9.55 Å². The van der Waals surface area contributed by atoms with E-state index in [1.54, 1.807) is 12.4 Å². The highest BCUT2D eigenvalue weighted by Crippen LogP contribution is 1.75. The van der Waals surface area contributed by atoms with Gasteiger partial charge in [-0.15, -0.1) is 4.99 Å². The molecule has 0 spiro atoms. The minimum atomic E-state index is 0.602. The van der Waals surface area contributed by atoms with Crippen LogP contribution in [-0.2, 0) is 6.54 Å². The summed E-state index contributed by atoms with van der Waals surface area (Å²) < 4.78 is 1.85. The standard InChI is InChI=1S/C6H8N4/c1-2-10-4-3-8-6(10)9-5-7/h3-4H,2H2,1H3,(H,8,9). The van der Waals surface area contributed by atoms with E-state index in [1.807, 2.05) is 17.7 Å². The van der Waals surface area contributed by atoms with Gasteiger partial charge in [-0.1, -0.05) is 0 Å². The lowest BCUT2D eigenvalue weighted by Gasteiger charge is -1.90. The molecule has 4 nitrogen and oxygen atoms in total. The van der Waals surface area contributed by atoms with Crippen molar-refractivity contribution < 1.29 is 0 Å². The Hall–Kier alpha value is -1.50. The topological polar surface area (TPSA) is 56.9 Å².